The number of aromatic hydroxyl groups is 1. The summed E-state index contributed by atoms with van der Waals surface area (Å²) in [6.45, 7) is 0. The lowest BCUT2D eigenvalue weighted by Crippen LogP contribution is -2.14. The highest BCUT2D eigenvalue weighted by molar-refractivity contribution is 6.29. The Bertz CT molecular complexity index is 688. The van der Waals surface area contributed by atoms with E-state index < -0.39 is 11.9 Å². The third kappa shape index (κ3) is 3.04. The van der Waals surface area contributed by atoms with Crippen molar-refractivity contribution in [2.24, 2.45) is 0 Å². The van der Waals surface area contributed by atoms with Gasteiger partial charge in [0.15, 0.2) is 0 Å². The molecule has 0 radical (unpaired) electrons. The summed E-state index contributed by atoms with van der Waals surface area (Å²) in [6.07, 6.45) is 1.37. The Balaban J connectivity index is 2.30. The van der Waals surface area contributed by atoms with E-state index in [1.807, 2.05) is 0 Å². The van der Waals surface area contributed by atoms with Crippen molar-refractivity contribution >= 4 is 29.2 Å². The second-order valence-electron chi connectivity index (χ2n) is 3.86. The molecular weight excluding hydrogens is 284 g/mol. The van der Waals surface area contributed by atoms with Crippen molar-refractivity contribution in [3.63, 3.8) is 0 Å². The lowest BCUT2D eigenvalue weighted by Gasteiger charge is -2.09. The monoisotopic (exact) mass is 292 g/mol. The van der Waals surface area contributed by atoms with Crippen LogP contribution in [0.1, 0.15) is 20.7 Å². The van der Waals surface area contributed by atoms with Gasteiger partial charge in [0.25, 0.3) is 5.91 Å². The van der Waals surface area contributed by atoms with E-state index in [1.54, 1.807) is 0 Å². The van der Waals surface area contributed by atoms with Gasteiger partial charge in [-0.05, 0) is 30.3 Å². The number of carboxylic acid groups (broad SMARTS) is 1. The number of rotatable bonds is 3. The van der Waals surface area contributed by atoms with Gasteiger partial charge in [0, 0.05) is 11.8 Å². The number of carboxylic acids is 1. The number of halogens is 1. The molecule has 1 aromatic carbocycles. The second kappa shape index (κ2) is 5.58. The lowest BCUT2D eigenvalue weighted by atomic mass is 10.1. The summed E-state index contributed by atoms with van der Waals surface area (Å²) in [7, 11) is 0. The summed E-state index contributed by atoms with van der Waals surface area (Å²) in [4.78, 5) is 26.8. The molecule has 0 unspecified atom stereocenters. The molecule has 102 valence electrons. The molecule has 0 aliphatic heterocycles. The number of hydrogen-bond donors (Lipinski definition) is 3. The average Bonchev–Trinajstić information content (AvgIpc) is 2.40. The summed E-state index contributed by atoms with van der Waals surface area (Å²) in [6, 6.07) is 6.44. The van der Waals surface area contributed by atoms with Gasteiger partial charge >= 0.3 is 5.97 Å². The van der Waals surface area contributed by atoms with E-state index in [9.17, 15) is 14.7 Å². The molecule has 1 heterocycles. The van der Waals surface area contributed by atoms with Gasteiger partial charge < -0.3 is 15.5 Å². The number of phenolic OH excluding ortho intramolecular Hbond substituents is 1. The topological polar surface area (TPSA) is 99.5 Å². The maximum Gasteiger partial charge on any atom is 0.337 e. The molecular formula is C13H9ClN2O4. The quantitative estimate of drug-likeness (QED) is 0.596. The fraction of sp³-hybridized carbons (Fsp3) is 0. The minimum atomic E-state index is -1.26. The first-order chi connectivity index (χ1) is 9.47. The van der Waals surface area contributed by atoms with Crippen LogP contribution >= 0.6 is 11.6 Å². The highest BCUT2D eigenvalue weighted by Crippen LogP contribution is 2.22. The second-order valence-corrected chi connectivity index (χ2v) is 4.24. The lowest BCUT2D eigenvalue weighted by molar-refractivity contribution is 0.0697. The molecule has 0 saturated heterocycles. The van der Waals surface area contributed by atoms with E-state index in [2.05, 4.69) is 10.3 Å². The molecule has 1 aromatic heterocycles. The molecule has 0 spiro atoms. The number of carbonyl (C=O) groups excluding carboxylic acids is 1. The smallest absolute Gasteiger partial charge is 0.337 e. The highest BCUT2D eigenvalue weighted by atomic mass is 35.5. The Morgan fingerprint density at radius 3 is 2.60 bits per heavy atom. The molecule has 0 fully saturated rings. The molecule has 0 atom stereocenters. The number of hydrogen-bond acceptors (Lipinski definition) is 4. The zero-order valence-corrected chi connectivity index (χ0v) is 10.8. The van der Waals surface area contributed by atoms with E-state index in [0.717, 1.165) is 6.07 Å². The van der Waals surface area contributed by atoms with Crippen LogP contribution in [0.4, 0.5) is 5.69 Å². The molecule has 20 heavy (non-hydrogen) atoms. The van der Waals surface area contributed by atoms with Crippen LogP contribution in [-0.2, 0) is 0 Å². The van der Waals surface area contributed by atoms with Crippen molar-refractivity contribution in [1.82, 2.24) is 4.98 Å². The first-order valence-corrected chi connectivity index (χ1v) is 5.84. The largest absolute Gasteiger partial charge is 0.508 e. The summed E-state index contributed by atoms with van der Waals surface area (Å²) < 4.78 is 0. The van der Waals surface area contributed by atoms with Crippen molar-refractivity contribution < 1.29 is 19.8 Å². The SMILES string of the molecule is O=C(Nc1ccc(O)cc1C(=O)O)c1ccnc(Cl)c1. The van der Waals surface area contributed by atoms with Gasteiger partial charge in [0.05, 0.1) is 11.3 Å². The van der Waals surface area contributed by atoms with Crippen LogP contribution in [0, 0.1) is 0 Å². The Labute approximate surface area is 118 Å². The van der Waals surface area contributed by atoms with Crippen molar-refractivity contribution in [2.75, 3.05) is 5.32 Å². The van der Waals surface area contributed by atoms with Crippen LogP contribution in [0.2, 0.25) is 5.15 Å². The standard InChI is InChI=1S/C13H9ClN2O4/c14-11-5-7(3-4-15-11)12(18)16-10-2-1-8(17)6-9(10)13(19)20/h1-6,17H,(H,16,18)(H,19,20). The van der Waals surface area contributed by atoms with E-state index in [4.69, 9.17) is 16.7 Å². The van der Waals surface area contributed by atoms with E-state index >= 15 is 0 Å². The minimum absolute atomic E-state index is 0.0771. The predicted octanol–water partition coefficient (Wildman–Crippen LogP) is 2.39. The summed E-state index contributed by atoms with van der Waals surface area (Å²) in [5.74, 6) is -1.99. The molecule has 0 saturated carbocycles. The van der Waals surface area contributed by atoms with Gasteiger partial charge in [-0.2, -0.15) is 0 Å². The van der Waals surface area contributed by atoms with Crippen molar-refractivity contribution in [3.05, 3.63) is 52.8 Å². The number of pyridine rings is 1. The molecule has 2 aromatic rings. The number of aromatic nitrogens is 1. The van der Waals surface area contributed by atoms with Gasteiger partial charge in [-0.3, -0.25) is 4.79 Å². The number of nitrogens with zero attached hydrogens (tertiary/aromatic N) is 1. The van der Waals surface area contributed by atoms with Crippen LogP contribution in [-0.4, -0.2) is 27.1 Å². The van der Waals surface area contributed by atoms with Gasteiger partial charge in [-0.15, -0.1) is 0 Å². The third-order valence-corrected chi connectivity index (χ3v) is 2.68. The van der Waals surface area contributed by atoms with E-state index in [1.165, 1.54) is 30.5 Å². The van der Waals surface area contributed by atoms with Crippen LogP contribution < -0.4 is 5.32 Å². The Morgan fingerprint density at radius 1 is 1.20 bits per heavy atom. The molecule has 0 aliphatic carbocycles. The van der Waals surface area contributed by atoms with E-state index in [-0.39, 0.29) is 27.7 Å². The zero-order valence-electron chi connectivity index (χ0n) is 10.0. The maximum atomic E-state index is 12.0. The molecule has 0 aliphatic rings. The summed E-state index contributed by atoms with van der Waals surface area (Å²) in [5.41, 5.74) is 0.112. The van der Waals surface area contributed by atoms with Gasteiger partial charge in [0.1, 0.15) is 10.9 Å². The zero-order chi connectivity index (χ0) is 14.7. The normalized spacial score (nSPS) is 10.1. The molecule has 7 heteroatoms. The third-order valence-electron chi connectivity index (χ3n) is 2.47. The number of anilines is 1. The predicted molar refractivity (Wildman–Crippen MR) is 72.3 cm³/mol. The number of carbonyl (C=O) groups is 2. The molecule has 6 nitrogen and oxygen atoms in total. The molecule has 0 bridgehead atoms. The fourth-order valence-corrected chi connectivity index (χ4v) is 1.73. The fourth-order valence-electron chi connectivity index (χ4n) is 1.56. The average molecular weight is 293 g/mol. The summed E-state index contributed by atoms with van der Waals surface area (Å²) in [5, 5.41) is 20.9. The number of phenols is 1. The Kier molecular flexibility index (Phi) is 3.86. The minimum Gasteiger partial charge on any atom is -0.508 e. The van der Waals surface area contributed by atoms with Crippen molar-refractivity contribution in [1.29, 1.82) is 0 Å². The van der Waals surface area contributed by atoms with Crippen molar-refractivity contribution in [2.45, 2.75) is 0 Å². The van der Waals surface area contributed by atoms with Gasteiger partial charge in [0.2, 0.25) is 0 Å². The van der Waals surface area contributed by atoms with Gasteiger partial charge in [-0.1, -0.05) is 11.6 Å². The number of benzene rings is 1. The van der Waals surface area contributed by atoms with Crippen LogP contribution in [0.15, 0.2) is 36.5 Å². The van der Waals surface area contributed by atoms with Crippen LogP contribution in [0.25, 0.3) is 0 Å². The number of amides is 1. The first kappa shape index (κ1) is 13.8. The van der Waals surface area contributed by atoms with Crippen LogP contribution in [0.3, 0.4) is 0 Å². The number of nitrogens with one attached hydrogen (secondary N) is 1. The van der Waals surface area contributed by atoms with Crippen molar-refractivity contribution in [3.8, 4) is 5.75 Å². The summed E-state index contributed by atoms with van der Waals surface area (Å²) >= 11 is 5.68. The van der Waals surface area contributed by atoms with Gasteiger partial charge in [-0.25, -0.2) is 9.78 Å². The molecule has 3 N–H and O–H groups in total. The van der Waals surface area contributed by atoms with E-state index in [0.29, 0.717) is 0 Å². The first-order valence-electron chi connectivity index (χ1n) is 5.46. The highest BCUT2D eigenvalue weighted by Gasteiger charge is 2.14. The van der Waals surface area contributed by atoms with Crippen LogP contribution in [0.5, 0.6) is 5.75 Å². The molecule has 2 rings (SSSR count). The maximum absolute atomic E-state index is 12.0. The Morgan fingerprint density at radius 2 is 1.95 bits per heavy atom. The Hall–Kier alpha value is -2.60. The number of aromatic carboxylic acids is 1. The molecule has 1 amide bonds.